The smallest absolute Gasteiger partial charge is 0.347 e. The van der Waals surface area contributed by atoms with Crippen molar-refractivity contribution in [3.05, 3.63) is 0 Å². The minimum Gasteiger partial charge on any atom is -0.347 e. The van der Waals surface area contributed by atoms with E-state index in [9.17, 15) is 18.0 Å². The van der Waals surface area contributed by atoms with Crippen molar-refractivity contribution in [3.63, 3.8) is 0 Å². The van der Waals surface area contributed by atoms with E-state index in [2.05, 4.69) is 0 Å². The maximum absolute atomic E-state index is 11.8. The summed E-state index contributed by atoms with van der Waals surface area (Å²) in [5, 5.41) is 1.87. The SMILES string of the molecule is CN(CCNC(=O)C(F)(F)F)C1CCCC1. The predicted molar refractivity (Wildman–Crippen MR) is 54.0 cm³/mol. The van der Waals surface area contributed by atoms with E-state index < -0.39 is 12.1 Å². The number of carbonyl (C=O) groups excluding carboxylic acids is 1. The van der Waals surface area contributed by atoms with Crippen LogP contribution in [0.3, 0.4) is 0 Å². The van der Waals surface area contributed by atoms with Gasteiger partial charge in [-0.2, -0.15) is 13.2 Å². The Hall–Kier alpha value is -0.780. The average molecular weight is 238 g/mol. The van der Waals surface area contributed by atoms with Crippen LogP contribution >= 0.6 is 0 Å². The normalized spacial score (nSPS) is 18.1. The van der Waals surface area contributed by atoms with Crippen molar-refractivity contribution in [2.24, 2.45) is 0 Å². The van der Waals surface area contributed by atoms with Gasteiger partial charge in [0.2, 0.25) is 0 Å². The molecule has 0 aliphatic heterocycles. The maximum Gasteiger partial charge on any atom is 0.471 e. The fourth-order valence-electron chi connectivity index (χ4n) is 1.97. The molecule has 94 valence electrons. The zero-order chi connectivity index (χ0) is 12.2. The second kappa shape index (κ2) is 5.52. The van der Waals surface area contributed by atoms with E-state index in [0.29, 0.717) is 12.6 Å². The van der Waals surface area contributed by atoms with E-state index in [1.54, 1.807) is 0 Å². The van der Waals surface area contributed by atoms with Crippen LogP contribution in [0.1, 0.15) is 25.7 Å². The van der Waals surface area contributed by atoms with Crippen molar-refractivity contribution >= 4 is 5.91 Å². The Morgan fingerprint density at radius 3 is 2.44 bits per heavy atom. The molecule has 0 saturated heterocycles. The molecule has 6 heteroatoms. The van der Waals surface area contributed by atoms with Gasteiger partial charge in [-0.25, -0.2) is 0 Å². The van der Waals surface area contributed by atoms with Gasteiger partial charge in [0.25, 0.3) is 0 Å². The van der Waals surface area contributed by atoms with Crippen LogP contribution in [0.25, 0.3) is 0 Å². The van der Waals surface area contributed by atoms with Gasteiger partial charge >= 0.3 is 12.1 Å². The number of amides is 1. The molecule has 1 N–H and O–H groups in total. The lowest BCUT2D eigenvalue weighted by molar-refractivity contribution is -0.173. The van der Waals surface area contributed by atoms with E-state index in [1.807, 2.05) is 17.3 Å². The molecule has 0 atom stereocenters. The quantitative estimate of drug-likeness (QED) is 0.805. The monoisotopic (exact) mass is 238 g/mol. The average Bonchev–Trinajstić information content (AvgIpc) is 2.68. The van der Waals surface area contributed by atoms with Gasteiger partial charge < -0.3 is 10.2 Å². The molecule has 0 unspecified atom stereocenters. The number of likely N-dealkylation sites (N-methyl/N-ethyl adjacent to an activating group) is 1. The molecule has 1 amide bonds. The number of hydrogen-bond acceptors (Lipinski definition) is 2. The number of halogens is 3. The highest BCUT2D eigenvalue weighted by Gasteiger charge is 2.38. The van der Waals surface area contributed by atoms with Crippen molar-refractivity contribution in [3.8, 4) is 0 Å². The van der Waals surface area contributed by atoms with E-state index in [-0.39, 0.29) is 6.54 Å². The highest BCUT2D eigenvalue weighted by molar-refractivity contribution is 5.81. The summed E-state index contributed by atoms with van der Waals surface area (Å²) in [6, 6.07) is 0.461. The summed E-state index contributed by atoms with van der Waals surface area (Å²) in [6.45, 7) is 0.512. The molecule has 1 fully saturated rings. The number of nitrogens with zero attached hydrogens (tertiary/aromatic N) is 1. The van der Waals surface area contributed by atoms with Crippen molar-refractivity contribution < 1.29 is 18.0 Å². The second-order valence-corrected chi connectivity index (χ2v) is 4.17. The molecule has 1 rings (SSSR count). The Morgan fingerprint density at radius 2 is 1.94 bits per heavy atom. The van der Waals surface area contributed by atoms with Gasteiger partial charge in [-0.3, -0.25) is 4.79 Å². The maximum atomic E-state index is 11.8. The highest BCUT2D eigenvalue weighted by Crippen LogP contribution is 2.21. The minimum absolute atomic E-state index is 0.0470. The third-order valence-corrected chi connectivity index (χ3v) is 2.96. The lowest BCUT2D eigenvalue weighted by Crippen LogP contribution is -2.42. The Balaban J connectivity index is 2.17. The Kier molecular flexibility index (Phi) is 4.58. The zero-order valence-corrected chi connectivity index (χ0v) is 9.31. The fourth-order valence-corrected chi connectivity index (χ4v) is 1.97. The van der Waals surface area contributed by atoms with Crippen molar-refractivity contribution in [1.29, 1.82) is 0 Å². The third-order valence-electron chi connectivity index (χ3n) is 2.96. The minimum atomic E-state index is -4.77. The molecular formula is C10H17F3N2O. The molecule has 16 heavy (non-hydrogen) atoms. The second-order valence-electron chi connectivity index (χ2n) is 4.17. The molecule has 1 aliphatic rings. The van der Waals surface area contributed by atoms with Crippen LogP contribution in [-0.4, -0.2) is 43.2 Å². The first-order valence-electron chi connectivity index (χ1n) is 5.46. The molecule has 3 nitrogen and oxygen atoms in total. The molecule has 0 heterocycles. The van der Waals surface area contributed by atoms with E-state index >= 15 is 0 Å². The summed E-state index contributed by atoms with van der Waals surface area (Å²) in [7, 11) is 1.88. The van der Waals surface area contributed by atoms with E-state index in [0.717, 1.165) is 12.8 Å². The van der Waals surface area contributed by atoms with Crippen LogP contribution in [0.4, 0.5) is 13.2 Å². The molecule has 0 radical (unpaired) electrons. The lowest BCUT2D eigenvalue weighted by Gasteiger charge is -2.23. The summed E-state index contributed by atoms with van der Waals surface area (Å²) >= 11 is 0. The Morgan fingerprint density at radius 1 is 1.38 bits per heavy atom. The van der Waals surface area contributed by atoms with Crippen LogP contribution in [0.2, 0.25) is 0 Å². The van der Waals surface area contributed by atoms with Crippen molar-refractivity contribution in [1.82, 2.24) is 10.2 Å². The Bertz CT molecular complexity index is 237. The van der Waals surface area contributed by atoms with E-state index in [1.165, 1.54) is 12.8 Å². The molecule has 0 aromatic heterocycles. The molecule has 1 aliphatic carbocycles. The Labute approximate surface area is 93.0 Å². The standard InChI is InChI=1S/C10H17F3N2O/c1-15(8-4-2-3-5-8)7-6-14-9(16)10(11,12)13/h8H,2-7H2,1H3,(H,14,16). The molecule has 0 bridgehead atoms. The van der Waals surface area contributed by atoms with Gasteiger partial charge in [0.05, 0.1) is 0 Å². The van der Waals surface area contributed by atoms with Gasteiger partial charge in [0.15, 0.2) is 0 Å². The van der Waals surface area contributed by atoms with Crippen LogP contribution in [0.15, 0.2) is 0 Å². The fraction of sp³-hybridized carbons (Fsp3) is 0.900. The first-order chi connectivity index (χ1) is 7.41. The van der Waals surface area contributed by atoms with Crippen LogP contribution in [-0.2, 0) is 4.79 Å². The molecule has 1 saturated carbocycles. The summed E-state index contributed by atoms with van der Waals surface area (Å²) in [6.07, 6.45) is -0.201. The zero-order valence-electron chi connectivity index (χ0n) is 9.31. The van der Waals surface area contributed by atoms with Crippen LogP contribution < -0.4 is 5.32 Å². The summed E-state index contributed by atoms with van der Waals surface area (Å²) in [5.74, 6) is -1.85. The number of hydrogen-bond donors (Lipinski definition) is 1. The predicted octanol–water partition coefficient (Wildman–Crippen LogP) is 1.54. The highest BCUT2D eigenvalue weighted by atomic mass is 19.4. The van der Waals surface area contributed by atoms with Gasteiger partial charge in [0, 0.05) is 19.1 Å². The van der Waals surface area contributed by atoms with Crippen LogP contribution in [0.5, 0.6) is 0 Å². The lowest BCUT2D eigenvalue weighted by atomic mass is 10.2. The summed E-state index contributed by atoms with van der Waals surface area (Å²) in [5.41, 5.74) is 0. The molecule has 0 aromatic carbocycles. The number of rotatable bonds is 4. The first kappa shape index (κ1) is 13.3. The van der Waals surface area contributed by atoms with Crippen molar-refractivity contribution in [2.45, 2.75) is 37.9 Å². The summed E-state index contributed by atoms with van der Waals surface area (Å²) < 4.78 is 35.5. The summed E-state index contributed by atoms with van der Waals surface area (Å²) in [4.78, 5) is 12.5. The number of nitrogens with one attached hydrogen (secondary N) is 1. The first-order valence-corrected chi connectivity index (χ1v) is 5.46. The van der Waals surface area contributed by atoms with Gasteiger partial charge in [-0.05, 0) is 19.9 Å². The van der Waals surface area contributed by atoms with Gasteiger partial charge in [-0.1, -0.05) is 12.8 Å². The molecule has 0 spiro atoms. The number of carbonyl (C=O) groups is 1. The molecular weight excluding hydrogens is 221 g/mol. The van der Waals surface area contributed by atoms with Crippen molar-refractivity contribution in [2.75, 3.05) is 20.1 Å². The third kappa shape index (κ3) is 4.00. The van der Waals surface area contributed by atoms with Gasteiger partial charge in [0.1, 0.15) is 0 Å². The van der Waals surface area contributed by atoms with Crippen LogP contribution in [0, 0.1) is 0 Å². The topological polar surface area (TPSA) is 32.3 Å². The number of alkyl halides is 3. The van der Waals surface area contributed by atoms with Gasteiger partial charge in [-0.15, -0.1) is 0 Å². The largest absolute Gasteiger partial charge is 0.471 e. The molecule has 0 aromatic rings. The van der Waals surface area contributed by atoms with E-state index in [4.69, 9.17) is 0 Å².